The third kappa shape index (κ3) is 3.63. The summed E-state index contributed by atoms with van der Waals surface area (Å²) < 4.78 is 9.50. The molecule has 102 valence electrons. The van der Waals surface area contributed by atoms with E-state index in [1.165, 1.54) is 24.4 Å². The highest BCUT2D eigenvalue weighted by Gasteiger charge is 2.21. The van der Waals surface area contributed by atoms with Gasteiger partial charge in [-0.15, -0.1) is 5.10 Å². The van der Waals surface area contributed by atoms with Crippen LogP contribution < -0.4 is 5.32 Å². The van der Waals surface area contributed by atoms with Crippen LogP contribution in [0.3, 0.4) is 0 Å². The van der Waals surface area contributed by atoms with Crippen molar-refractivity contribution in [2.75, 3.05) is 32.1 Å². The van der Waals surface area contributed by atoms with E-state index in [4.69, 9.17) is 4.74 Å². The number of aromatic nitrogens is 2. The zero-order valence-electron chi connectivity index (χ0n) is 11.2. The lowest BCUT2D eigenvalue weighted by molar-refractivity contribution is 0.0282. The van der Waals surface area contributed by atoms with E-state index in [-0.39, 0.29) is 0 Å². The lowest BCUT2D eigenvalue weighted by atomic mass is 10.1. The zero-order valence-corrected chi connectivity index (χ0v) is 12.0. The van der Waals surface area contributed by atoms with E-state index in [0.29, 0.717) is 6.10 Å². The summed E-state index contributed by atoms with van der Waals surface area (Å²) in [7, 11) is 1.80. The molecule has 6 heteroatoms. The Bertz CT molecular complexity index is 358. The first-order chi connectivity index (χ1) is 8.83. The molecule has 18 heavy (non-hydrogen) atoms. The molecule has 0 radical (unpaired) electrons. The normalized spacial score (nSPS) is 21.1. The lowest BCUT2D eigenvalue weighted by Gasteiger charge is -2.31. The molecule has 2 heterocycles. The molecule has 1 unspecified atom stereocenters. The number of nitrogens with zero attached hydrogens (tertiary/aromatic N) is 3. The highest BCUT2D eigenvalue weighted by Crippen LogP contribution is 2.21. The number of anilines is 1. The topological polar surface area (TPSA) is 50.3 Å². The number of hydrogen-bond acceptors (Lipinski definition) is 6. The van der Waals surface area contributed by atoms with E-state index >= 15 is 0 Å². The van der Waals surface area contributed by atoms with Gasteiger partial charge in [-0.05, 0) is 25.8 Å². The van der Waals surface area contributed by atoms with Crippen molar-refractivity contribution in [1.82, 2.24) is 14.5 Å². The quantitative estimate of drug-likeness (QED) is 0.856. The minimum Gasteiger partial charge on any atom is -0.380 e. The van der Waals surface area contributed by atoms with Crippen molar-refractivity contribution < 1.29 is 4.74 Å². The molecule has 1 saturated heterocycles. The Balaban J connectivity index is 1.90. The fourth-order valence-corrected chi connectivity index (χ4v) is 2.84. The molecule has 1 aromatic heterocycles. The van der Waals surface area contributed by atoms with Gasteiger partial charge in [-0.1, -0.05) is 11.4 Å². The molecule has 0 saturated carbocycles. The average molecular weight is 270 g/mol. The van der Waals surface area contributed by atoms with Crippen LogP contribution in [0.25, 0.3) is 0 Å². The Morgan fingerprint density at radius 2 is 2.44 bits per heavy atom. The number of rotatable bonds is 6. The van der Waals surface area contributed by atoms with Crippen LogP contribution in [0.1, 0.15) is 31.9 Å². The number of methoxy groups -OCH3 is 1. The second-order valence-electron chi connectivity index (χ2n) is 4.71. The highest BCUT2D eigenvalue weighted by atomic mass is 32.1. The van der Waals surface area contributed by atoms with Crippen LogP contribution in [-0.4, -0.2) is 47.3 Å². The van der Waals surface area contributed by atoms with E-state index < -0.39 is 0 Å². The molecule has 1 fully saturated rings. The lowest BCUT2D eigenvalue weighted by Crippen LogP contribution is -2.38. The molecule has 2 rings (SSSR count). The number of hydrogen-bond donors (Lipinski definition) is 1. The molecule has 0 amide bonds. The van der Waals surface area contributed by atoms with Crippen LogP contribution in [0.5, 0.6) is 0 Å². The second-order valence-corrected chi connectivity index (χ2v) is 5.46. The van der Waals surface area contributed by atoms with Gasteiger partial charge < -0.3 is 10.1 Å². The summed E-state index contributed by atoms with van der Waals surface area (Å²) in [6.45, 7) is 6.15. The number of likely N-dealkylation sites (tertiary alicyclic amines) is 1. The molecule has 1 aromatic rings. The van der Waals surface area contributed by atoms with E-state index in [0.717, 1.165) is 43.3 Å². The fraction of sp³-hybridized carbons (Fsp3) is 0.833. The summed E-state index contributed by atoms with van der Waals surface area (Å²) in [5.41, 5.74) is 1.07. The van der Waals surface area contributed by atoms with Gasteiger partial charge in [0.1, 0.15) is 10.7 Å². The molecule has 1 atom stereocenters. The van der Waals surface area contributed by atoms with Crippen molar-refractivity contribution >= 4 is 16.5 Å². The number of piperidine rings is 1. The van der Waals surface area contributed by atoms with Gasteiger partial charge in [0.2, 0.25) is 0 Å². The third-order valence-corrected chi connectivity index (χ3v) is 3.99. The van der Waals surface area contributed by atoms with Gasteiger partial charge in [0.05, 0.1) is 6.10 Å². The van der Waals surface area contributed by atoms with Crippen LogP contribution in [0.15, 0.2) is 0 Å². The van der Waals surface area contributed by atoms with Gasteiger partial charge in [-0.2, -0.15) is 0 Å². The first-order valence-corrected chi connectivity index (χ1v) is 7.41. The van der Waals surface area contributed by atoms with E-state index in [9.17, 15) is 0 Å². The minimum atomic E-state index is 0.373. The largest absolute Gasteiger partial charge is 0.380 e. The standard InChI is InChI=1S/C12H22N4OS/c1-3-6-13-12-11(14-15-18-12)9-16-7-4-5-10(8-16)17-2/h10,13H,3-9H2,1-2H3. The predicted molar refractivity (Wildman–Crippen MR) is 74.0 cm³/mol. The monoisotopic (exact) mass is 270 g/mol. The molecule has 0 aliphatic carbocycles. The second kappa shape index (κ2) is 7.01. The van der Waals surface area contributed by atoms with E-state index in [2.05, 4.69) is 26.7 Å². The zero-order chi connectivity index (χ0) is 12.8. The van der Waals surface area contributed by atoms with Gasteiger partial charge in [0.25, 0.3) is 0 Å². The van der Waals surface area contributed by atoms with Gasteiger partial charge in [-0.25, -0.2) is 0 Å². The minimum absolute atomic E-state index is 0.373. The first-order valence-electron chi connectivity index (χ1n) is 6.63. The Morgan fingerprint density at radius 1 is 1.56 bits per heavy atom. The Hall–Kier alpha value is -0.720. The van der Waals surface area contributed by atoms with Crippen LogP contribution in [0, 0.1) is 0 Å². The first kappa shape index (κ1) is 13.7. The van der Waals surface area contributed by atoms with Crippen molar-refractivity contribution in [3.63, 3.8) is 0 Å². The van der Waals surface area contributed by atoms with Crippen molar-refractivity contribution in [2.24, 2.45) is 0 Å². The van der Waals surface area contributed by atoms with E-state index in [1.807, 2.05) is 0 Å². The molecule has 1 aliphatic rings. The smallest absolute Gasteiger partial charge is 0.134 e. The Kier molecular flexibility index (Phi) is 5.34. The maximum absolute atomic E-state index is 5.44. The molecule has 0 bridgehead atoms. The number of nitrogens with one attached hydrogen (secondary N) is 1. The van der Waals surface area contributed by atoms with Crippen LogP contribution in [-0.2, 0) is 11.3 Å². The third-order valence-electron chi connectivity index (χ3n) is 3.26. The predicted octanol–water partition coefficient (Wildman–Crippen LogP) is 1.97. The van der Waals surface area contributed by atoms with Crippen molar-refractivity contribution in [2.45, 2.75) is 38.8 Å². The molecular formula is C12H22N4OS. The van der Waals surface area contributed by atoms with Crippen molar-refractivity contribution in [3.05, 3.63) is 5.69 Å². The van der Waals surface area contributed by atoms with Gasteiger partial charge in [-0.3, -0.25) is 4.90 Å². The van der Waals surface area contributed by atoms with Crippen LogP contribution in [0.4, 0.5) is 5.00 Å². The van der Waals surface area contributed by atoms with Gasteiger partial charge in [0.15, 0.2) is 0 Å². The van der Waals surface area contributed by atoms with Gasteiger partial charge in [0, 0.05) is 38.3 Å². The fourth-order valence-electron chi connectivity index (χ4n) is 2.25. The molecule has 0 spiro atoms. The summed E-state index contributed by atoms with van der Waals surface area (Å²) in [6.07, 6.45) is 3.86. The number of ether oxygens (including phenoxy) is 1. The van der Waals surface area contributed by atoms with Crippen LogP contribution >= 0.6 is 11.5 Å². The van der Waals surface area contributed by atoms with Crippen molar-refractivity contribution in [1.29, 1.82) is 0 Å². The molecule has 0 aromatic carbocycles. The summed E-state index contributed by atoms with van der Waals surface area (Å²) in [4.78, 5) is 2.41. The van der Waals surface area contributed by atoms with Crippen molar-refractivity contribution in [3.8, 4) is 0 Å². The summed E-state index contributed by atoms with van der Waals surface area (Å²) in [5, 5.41) is 8.75. The summed E-state index contributed by atoms with van der Waals surface area (Å²) in [5.74, 6) is 0. The van der Waals surface area contributed by atoms with Crippen LogP contribution in [0.2, 0.25) is 0 Å². The van der Waals surface area contributed by atoms with Gasteiger partial charge >= 0.3 is 0 Å². The SMILES string of the molecule is CCCNc1snnc1CN1CCCC(OC)C1. The molecule has 1 N–H and O–H groups in total. The molecule has 1 aliphatic heterocycles. The summed E-state index contributed by atoms with van der Waals surface area (Å²) >= 11 is 1.45. The maximum atomic E-state index is 5.44. The summed E-state index contributed by atoms with van der Waals surface area (Å²) in [6, 6.07) is 0. The molecular weight excluding hydrogens is 248 g/mol. The highest BCUT2D eigenvalue weighted by molar-refractivity contribution is 7.10. The molecule has 5 nitrogen and oxygen atoms in total. The van der Waals surface area contributed by atoms with E-state index in [1.54, 1.807) is 7.11 Å². The maximum Gasteiger partial charge on any atom is 0.134 e. The average Bonchev–Trinajstić information content (AvgIpc) is 2.84. The Morgan fingerprint density at radius 3 is 3.22 bits per heavy atom. The Labute approximate surface area is 113 Å².